The Hall–Kier alpha value is -1.80. The van der Waals surface area contributed by atoms with Crippen molar-refractivity contribution in [1.29, 1.82) is 0 Å². The van der Waals surface area contributed by atoms with Gasteiger partial charge in [0.05, 0.1) is 6.10 Å². The van der Waals surface area contributed by atoms with Gasteiger partial charge in [0.25, 0.3) is 0 Å². The number of aliphatic hydroxyl groups excluding tert-OH is 1. The topological polar surface area (TPSA) is 29.5 Å². The van der Waals surface area contributed by atoms with Gasteiger partial charge in [0.1, 0.15) is 11.9 Å². The van der Waals surface area contributed by atoms with E-state index in [0.29, 0.717) is 6.42 Å². The van der Waals surface area contributed by atoms with Gasteiger partial charge in [-0.05, 0) is 24.6 Å². The van der Waals surface area contributed by atoms with Crippen LogP contribution in [0, 0.1) is 6.92 Å². The molecule has 2 aromatic carbocycles. The first kappa shape index (κ1) is 13.2. The summed E-state index contributed by atoms with van der Waals surface area (Å²) in [7, 11) is 0. The quantitative estimate of drug-likeness (QED) is 0.892. The van der Waals surface area contributed by atoms with Gasteiger partial charge in [0.2, 0.25) is 0 Å². The lowest BCUT2D eigenvalue weighted by Gasteiger charge is -2.33. The third-order valence-electron chi connectivity index (χ3n) is 4.14. The summed E-state index contributed by atoms with van der Waals surface area (Å²) < 4.78 is 6.11. The van der Waals surface area contributed by atoms with E-state index in [1.807, 2.05) is 43.3 Å². The maximum absolute atomic E-state index is 10.4. The summed E-state index contributed by atoms with van der Waals surface area (Å²) in [5.74, 6) is 1.09. The van der Waals surface area contributed by atoms with Crippen LogP contribution >= 0.6 is 0 Å². The van der Waals surface area contributed by atoms with Crippen molar-refractivity contribution in [3.8, 4) is 5.75 Å². The van der Waals surface area contributed by atoms with E-state index in [0.717, 1.165) is 16.9 Å². The molecule has 3 unspecified atom stereocenters. The number of fused-ring (bicyclic) bond motifs is 1. The van der Waals surface area contributed by atoms with Crippen LogP contribution in [-0.2, 0) is 0 Å². The van der Waals surface area contributed by atoms with Gasteiger partial charge in [-0.2, -0.15) is 0 Å². The smallest absolute Gasteiger partial charge is 0.125 e. The Morgan fingerprint density at radius 2 is 1.90 bits per heavy atom. The number of aliphatic hydroxyl groups is 1. The highest BCUT2D eigenvalue weighted by atomic mass is 16.5. The first-order valence-electron chi connectivity index (χ1n) is 7.15. The summed E-state index contributed by atoms with van der Waals surface area (Å²) >= 11 is 0. The van der Waals surface area contributed by atoms with Crippen LogP contribution in [-0.4, -0.2) is 11.2 Å². The Labute approximate surface area is 120 Å². The molecule has 20 heavy (non-hydrogen) atoms. The zero-order valence-electron chi connectivity index (χ0n) is 11.9. The molecule has 0 amide bonds. The average Bonchev–Trinajstić information content (AvgIpc) is 2.48. The van der Waals surface area contributed by atoms with E-state index in [-0.39, 0.29) is 12.0 Å². The van der Waals surface area contributed by atoms with Gasteiger partial charge in [-0.3, -0.25) is 0 Å². The molecular weight excluding hydrogens is 248 g/mol. The minimum atomic E-state index is -0.435. The molecule has 0 fully saturated rings. The maximum atomic E-state index is 10.4. The molecule has 2 aromatic rings. The van der Waals surface area contributed by atoms with Gasteiger partial charge in [0.15, 0.2) is 0 Å². The zero-order valence-corrected chi connectivity index (χ0v) is 11.9. The van der Waals surface area contributed by atoms with Crippen molar-refractivity contribution in [3.63, 3.8) is 0 Å². The third kappa shape index (κ3) is 2.44. The summed E-state index contributed by atoms with van der Waals surface area (Å²) in [5, 5.41) is 10.4. The summed E-state index contributed by atoms with van der Waals surface area (Å²) in [6, 6.07) is 16.4. The molecule has 2 nitrogen and oxygen atoms in total. The normalized spacial score (nSPS) is 22.8. The van der Waals surface area contributed by atoms with Crippen LogP contribution in [0.15, 0.2) is 48.5 Å². The van der Waals surface area contributed by atoms with Gasteiger partial charge < -0.3 is 9.84 Å². The maximum Gasteiger partial charge on any atom is 0.125 e. The summed E-state index contributed by atoms with van der Waals surface area (Å²) in [4.78, 5) is 0. The Kier molecular flexibility index (Phi) is 3.49. The largest absolute Gasteiger partial charge is 0.489 e. The lowest BCUT2D eigenvalue weighted by molar-refractivity contribution is 0.0546. The Morgan fingerprint density at radius 3 is 2.65 bits per heavy atom. The van der Waals surface area contributed by atoms with Crippen molar-refractivity contribution >= 4 is 0 Å². The highest BCUT2D eigenvalue weighted by Crippen LogP contribution is 2.39. The number of ether oxygens (including phenoxy) is 1. The minimum Gasteiger partial charge on any atom is -0.489 e. The first-order valence-corrected chi connectivity index (χ1v) is 7.15. The van der Waals surface area contributed by atoms with Gasteiger partial charge in [-0.1, -0.05) is 48.9 Å². The van der Waals surface area contributed by atoms with Crippen LogP contribution in [0.3, 0.4) is 0 Å². The molecule has 0 aromatic heterocycles. The fourth-order valence-corrected chi connectivity index (χ4v) is 2.87. The highest BCUT2D eigenvalue weighted by Gasteiger charge is 2.31. The van der Waals surface area contributed by atoms with Crippen LogP contribution in [0.4, 0.5) is 0 Å². The van der Waals surface area contributed by atoms with Crippen LogP contribution in [0.2, 0.25) is 0 Å². The molecule has 0 radical (unpaired) electrons. The van der Waals surface area contributed by atoms with Crippen molar-refractivity contribution in [2.75, 3.05) is 0 Å². The first-order chi connectivity index (χ1) is 9.65. The fourth-order valence-electron chi connectivity index (χ4n) is 2.87. The van der Waals surface area contributed by atoms with E-state index in [9.17, 15) is 5.11 Å². The van der Waals surface area contributed by atoms with Gasteiger partial charge in [0, 0.05) is 17.9 Å². The summed E-state index contributed by atoms with van der Waals surface area (Å²) in [5.41, 5.74) is 3.32. The van der Waals surface area contributed by atoms with Gasteiger partial charge >= 0.3 is 0 Å². The molecule has 104 valence electrons. The molecule has 1 aliphatic heterocycles. The number of aryl methyl sites for hydroxylation is 1. The van der Waals surface area contributed by atoms with E-state index in [2.05, 4.69) is 19.1 Å². The molecular formula is C18H20O2. The predicted octanol–water partition coefficient (Wildman–Crippen LogP) is 3.98. The van der Waals surface area contributed by atoms with E-state index < -0.39 is 6.10 Å². The molecule has 0 spiro atoms. The second-order valence-corrected chi connectivity index (χ2v) is 5.65. The Balaban J connectivity index is 1.86. The van der Waals surface area contributed by atoms with E-state index in [1.165, 1.54) is 5.56 Å². The molecule has 2 heteroatoms. The molecule has 0 aliphatic carbocycles. The second kappa shape index (κ2) is 5.29. The zero-order chi connectivity index (χ0) is 14.1. The Morgan fingerprint density at radius 1 is 1.15 bits per heavy atom. The van der Waals surface area contributed by atoms with E-state index in [4.69, 9.17) is 4.74 Å². The van der Waals surface area contributed by atoms with Crippen molar-refractivity contribution in [1.82, 2.24) is 0 Å². The highest BCUT2D eigenvalue weighted by molar-refractivity contribution is 5.40. The van der Waals surface area contributed by atoms with Crippen LogP contribution < -0.4 is 4.74 Å². The van der Waals surface area contributed by atoms with Gasteiger partial charge in [-0.25, -0.2) is 0 Å². The predicted molar refractivity (Wildman–Crippen MR) is 80.0 cm³/mol. The molecule has 0 saturated heterocycles. The molecule has 3 rings (SSSR count). The fraction of sp³-hybridized carbons (Fsp3) is 0.333. The van der Waals surface area contributed by atoms with Crippen LogP contribution in [0.25, 0.3) is 0 Å². The molecule has 1 heterocycles. The molecule has 1 N–H and O–H groups in total. The second-order valence-electron chi connectivity index (χ2n) is 5.65. The SMILES string of the molecule is Cc1ccc2c(c1)C(O)CC(C(C)c1ccccc1)O2. The lowest BCUT2D eigenvalue weighted by atomic mass is 9.88. The van der Waals surface area contributed by atoms with Crippen molar-refractivity contribution < 1.29 is 9.84 Å². The molecule has 1 aliphatic rings. The summed E-state index contributed by atoms with van der Waals surface area (Å²) in [6.07, 6.45) is 0.226. The number of benzene rings is 2. The van der Waals surface area contributed by atoms with Crippen LogP contribution in [0.1, 0.15) is 42.1 Å². The lowest BCUT2D eigenvalue weighted by Crippen LogP contribution is -2.30. The van der Waals surface area contributed by atoms with Gasteiger partial charge in [-0.15, -0.1) is 0 Å². The molecule has 0 saturated carbocycles. The minimum absolute atomic E-state index is 0.0163. The van der Waals surface area contributed by atoms with E-state index >= 15 is 0 Å². The standard InChI is InChI=1S/C18H20O2/c1-12-8-9-17-15(10-12)16(19)11-18(20-17)13(2)14-6-4-3-5-7-14/h3-10,13,16,18-19H,11H2,1-2H3. The molecule has 3 atom stereocenters. The average molecular weight is 268 g/mol. The summed E-state index contributed by atoms with van der Waals surface area (Å²) in [6.45, 7) is 4.19. The number of hydrogen-bond donors (Lipinski definition) is 1. The number of hydrogen-bond acceptors (Lipinski definition) is 2. The van der Waals surface area contributed by atoms with Crippen LogP contribution in [0.5, 0.6) is 5.75 Å². The monoisotopic (exact) mass is 268 g/mol. The Bertz CT molecular complexity index is 592. The van der Waals surface area contributed by atoms with Crippen molar-refractivity contribution in [3.05, 3.63) is 65.2 Å². The van der Waals surface area contributed by atoms with Crippen molar-refractivity contribution in [2.45, 2.75) is 38.4 Å². The number of rotatable bonds is 2. The molecule has 0 bridgehead atoms. The van der Waals surface area contributed by atoms with E-state index in [1.54, 1.807) is 0 Å². The van der Waals surface area contributed by atoms with Crippen molar-refractivity contribution in [2.24, 2.45) is 0 Å². The third-order valence-corrected chi connectivity index (χ3v) is 4.14.